The second-order valence-electron chi connectivity index (χ2n) is 7.91. The molecule has 2 aliphatic carbocycles. The normalized spacial score (nSPS) is 37.3. The van der Waals surface area contributed by atoms with Crippen LogP contribution in [0.1, 0.15) is 51.5 Å². The summed E-state index contributed by atoms with van der Waals surface area (Å²) in [6, 6.07) is 2.05. The van der Waals surface area contributed by atoms with E-state index in [0.717, 1.165) is 44.1 Å². The molecule has 0 saturated heterocycles. The van der Waals surface area contributed by atoms with Crippen LogP contribution in [0.5, 0.6) is 0 Å². The van der Waals surface area contributed by atoms with Gasteiger partial charge in [0.2, 0.25) is 0 Å². The van der Waals surface area contributed by atoms with Crippen molar-refractivity contribution in [2.24, 2.45) is 22.7 Å². The van der Waals surface area contributed by atoms with Gasteiger partial charge in [-0.05, 0) is 73.0 Å². The van der Waals surface area contributed by atoms with Gasteiger partial charge in [-0.25, -0.2) is 0 Å². The first-order valence-electron chi connectivity index (χ1n) is 8.99. The largest absolute Gasteiger partial charge is 0.472 e. The van der Waals surface area contributed by atoms with Crippen LogP contribution in [0.15, 0.2) is 34.7 Å². The zero-order chi connectivity index (χ0) is 16.5. The minimum Gasteiger partial charge on any atom is -0.472 e. The Hall–Kier alpha value is -1.06. The van der Waals surface area contributed by atoms with E-state index in [1.54, 1.807) is 6.26 Å². The first-order chi connectivity index (χ1) is 11.1. The van der Waals surface area contributed by atoms with E-state index < -0.39 is 0 Å². The van der Waals surface area contributed by atoms with Crippen LogP contribution >= 0.6 is 0 Å². The quantitative estimate of drug-likeness (QED) is 0.808. The highest BCUT2D eigenvalue weighted by Crippen LogP contribution is 2.61. The number of aliphatic hydroxyl groups excluding tert-OH is 2. The number of hydrogen-bond donors (Lipinski definition) is 2. The first-order valence-corrected chi connectivity index (χ1v) is 8.99. The lowest BCUT2D eigenvalue weighted by Gasteiger charge is -2.58. The van der Waals surface area contributed by atoms with Crippen molar-refractivity contribution in [3.05, 3.63) is 35.8 Å². The molecule has 1 aromatic heterocycles. The predicted molar refractivity (Wildman–Crippen MR) is 90.9 cm³/mol. The van der Waals surface area contributed by atoms with E-state index in [1.807, 2.05) is 6.26 Å². The summed E-state index contributed by atoms with van der Waals surface area (Å²) in [6.45, 7) is 5.03. The molecule has 23 heavy (non-hydrogen) atoms. The molecule has 3 nitrogen and oxygen atoms in total. The highest BCUT2D eigenvalue weighted by Gasteiger charge is 2.55. The third kappa shape index (κ3) is 2.68. The molecule has 1 fully saturated rings. The number of hydrogen-bond acceptors (Lipinski definition) is 3. The van der Waals surface area contributed by atoms with E-state index >= 15 is 0 Å². The Morgan fingerprint density at radius 1 is 1.30 bits per heavy atom. The number of aryl methyl sites for hydroxylation is 1. The molecule has 0 spiro atoms. The third-order valence-corrected chi connectivity index (χ3v) is 7.08. The molecule has 0 bridgehead atoms. The van der Waals surface area contributed by atoms with Crippen LogP contribution in [0.3, 0.4) is 0 Å². The Kier molecular flexibility index (Phi) is 4.70. The molecule has 0 unspecified atom stereocenters. The van der Waals surface area contributed by atoms with Crippen molar-refractivity contribution in [1.82, 2.24) is 0 Å². The summed E-state index contributed by atoms with van der Waals surface area (Å²) in [6.07, 6.45) is 12.2. The van der Waals surface area contributed by atoms with Gasteiger partial charge in [0.25, 0.3) is 0 Å². The SMILES string of the molecule is C[C@@H]1CC[C@@]2(CO)C(CO)=CCC[C@@H]2[C@@]1(C)CCc1ccoc1. The Morgan fingerprint density at radius 2 is 2.13 bits per heavy atom. The topological polar surface area (TPSA) is 53.6 Å². The molecule has 1 aromatic rings. The van der Waals surface area contributed by atoms with Gasteiger partial charge < -0.3 is 14.6 Å². The minimum atomic E-state index is -0.204. The second-order valence-corrected chi connectivity index (χ2v) is 7.91. The van der Waals surface area contributed by atoms with E-state index in [-0.39, 0.29) is 24.0 Å². The van der Waals surface area contributed by atoms with Crippen molar-refractivity contribution >= 4 is 0 Å². The van der Waals surface area contributed by atoms with Crippen LogP contribution in [-0.2, 0) is 6.42 Å². The van der Waals surface area contributed by atoms with Crippen LogP contribution in [0.4, 0.5) is 0 Å². The van der Waals surface area contributed by atoms with E-state index in [0.29, 0.717) is 11.8 Å². The lowest BCUT2D eigenvalue weighted by Crippen LogP contribution is -2.53. The van der Waals surface area contributed by atoms with Gasteiger partial charge in [-0.3, -0.25) is 0 Å². The molecule has 3 heteroatoms. The summed E-state index contributed by atoms with van der Waals surface area (Å²) in [5.41, 5.74) is 2.32. The molecule has 0 amide bonds. The highest BCUT2D eigenvalue weighted by atomic mass is 16.3. The maximum absolute atomic E-state index is 10.3. The molecule has 0 radical (unpaired) electrons. The molecule has 4 atom stereocenters. The summed E-state index contributed by atoms with van der Waals surface area (Å²) in [4.78, 5) is 0. The molecule has 1 saturated carbocycles. The summed E-state index contributed by atoms with van der Waals surface area (Å²) < 4.78 is 5.21. The number of allylic oxidation sites excluding steroid dienone is 1. The zero-order valence-electron chi connectivity index (χ0n) is 14.4. The van der Waals surface area contributed by atoms with Crippen molar-refractivity contribution in [2.45, 2.75) is 52.4 Å². The smallest absolute Gasteiger partial charge is 0.0934 e. The second kappa shape index (κ2) is 6.45. The summed E-state index contributed by atoms with van der Waals surface area (Å²) in [7, 11) is 0. The van der Waals surface area contributed by atoms with Crippen molar-refractivity contribution in [2.75, 3.05) is 13.2 Å². The fourth-order valence-corrected chi connectivity index (χ4v) is 5.35. The minimum absolute atomic E-state index is 0.0866. The lowest BCUT2D eigenvalue weighted by molar-refractivity contribution is -0.0826. The average molecular weight is 318 g/mol. The fourth-order valence-electron chi connectivity index (χ4n) is 5.35. The van der Waals surface area contributed by atoms with Crippen LogP contribution in [0, 0.1) is 22.7 Å². The van der Waals surface area contributed by atoms with Gasteiger partial charge in [-0.15, -0.1) is 0 Å². The van der Waals surface area contributed by atoms with Gasteiger partial charge in [0.1, 0.15) is 0 Å². The Labute approximate surface area is 139 Å². The molecule has 1 heterocycles. The molecular formula is C20H30O3. The van der Waals surface area contributed by atoms with Crippen LogP contribution < -0.4 is 0 Å². The van der Waals surface area contributed by atoms with Crippen LogP contribution in [0.25, 0.3) is 0 Å². The summed E-state index contributed by atoms with van der Waals surface area (Å²) >= 11 is 0. The summed E-state index contributed by atoms with van der Waals surface area (Å²) in [5.74, 6) is 1.08. The van der Waals surface area contributed by atoms with Gasteiger partial charge in [-0.1, -0.05) is 19.9 Å². The fraction of sp³-hybridized carbons (Fsp3) is 0.700. The number of aliphatic hydroxyl groups is 2. The molecular weight excluding hydrogens is 288 g/mol. The number of fused-ring (bicyclic) bond motifs is 1. The van der Waals surface area contributed by atoms with E-state index in [2.05, 4.69) is 26.0 Å². The summed E-state index contributed by atoms with van der Waals surface area (Å²) in [5, 5.41) is 20.1. The predicted octanol–water partition coefficient (Wildman–Crippen LogP) is 3.96. The number of rotatable bonds is 5. The Bertz CT molecular complexity index is 547. The van der Waals surface area contributed by atoms with Crippen LogP contribution in [0.2, 0.25) is 0 Å². The van der Waals surface area contributed by atoms with Crippen LogP contribution in [-0.4, -0.2) is 23.4 Å². The van der Waals surface area contributed by atoms with E-state index in [9.17, 15) is 10.2 Å². The van der Waals surface area contributed by atoms with Crippen molar-refractivity contribution < 1.29 is 14.6 Å². The van der Waals surface area contributed by atoms with Crippen molar-refractivity contribution in [1.29, 1.82) is 0 Å². The Morgan fingerprint density at radius 3 is 2.78 bits per heavy atom. The van der Waals surface area contributed by atoms with Gasteiger partial charge in [0.05, 0.1) is 25.7 Å². The Balaban J connectivity index is 1.90. The standard InChI is InChI=1S/C20H30O3/c1-15-6-10-20(14-22)17(12-21)4-3-5-18(20)19(15,2)9-7-16-8-11-23-13-16/h4,8,11,13,15,18,21-22H,3,5-7,9-10,12,14H2,1-2H3/t15-,18-,19+,20-/m1/s1. The molecule has 2 N–H and O–H groups in total. The van der Waals surface area contributed by atoms with Gasteiger partial charge in [-0.2, -0.15) is 0 Å². The monoisotopic (exact) mass is 318 g/mol. The average Bonchev–Trinajstić information content (AvgIpc) is 3.09. The molecule has 0 aromatic carbocycles. The molecule has 3 rings (SSSR count). The van der Waals surface area contributed by atoms with Gasteiger partial charge in [0.15, 0.2) is 0 Å². The zero-order valence-corrected chi connectivity index (χ0v) is 14.4. The maximum atomic E-state index is 10.3. The van der Waals surface area contributed by atoms with Crippen molar-refractivity contribution in [3.8, 4) is 0 Å². The van der Waals surface area contributed by atoms with E-state index in [4.69, 9.17) is 4.42 Å². The molecule has 128 valence electrons. The maximum Gasteiger partial charge on any atom is 0.0934 e. The van der Waals surface area contributed by atoms with Crippen molar-refractivity contribution in [3.63, 3.8) is 0 Å². The number of furan rings is 1. The van der Waals surface area contributed by atoms with Gasteiger partial charge >= 0.3 is 0 Å². The molecule has 2 aliphatic rings. The first kappa shape index (κ1) is 16.8. The lowest BCUT2D eigenvalue weighted by atomic mass is 9.46. The highest BCUT2D eigenvalue weighted by molar-refractivity contribution is 5.24. The van der Waals surface area contributed by atoms with Gasteiger partial charge in [0, 0.05) is 5.41 Å². The third-order valence-electron chi connectivity index (χ3n) is 7.08. The molecule has 0 aliphatic heterocycles. The van der Waals surface area contributed by atoms with E-state index in [1.165, 1.54) is 5.56 Å².